The van der Waals surface area contributed by atoms with E-state index >= 15 is 0 Å². The van der Waals surface area contributed by atoms with Crippen molar-refractivity contribution in [3.8, 4) is 0 Å². The first-order chi connectivity index (χ1) is 9.06. The number of carbonyl (C=O) groups excluding carboxylic acids is 1. The van der Waals surface area contributed by atoms with E-state index in [4.69, 9.17) is 23.2 Å². The van der Waals surface area contributed by atoms with Gasteiger partial charge in [0.25, 0.3) is 5.91 Å². The Bertz CT molecular complexity index is 554. The van der Waals surface area contributed by atoms with Gasteiger partial charge >= 0.3 is 0 Å². The maximum atomic E-state index is 11.9. The van der Waals surface area contributed by atoms with Crippen molar-refractivity contribution in [3.05, 3.63) is 44.6 Å². The second kappa shape index (κ2) is 6.32. The van der Waals surface area contributed by atoms with Crippen LogP contribution in [0.4, 0.5) is 0 Å². The molecule has 0 spiro atoms. The third kappa shape index (κ3) is 3.89. The molecule has 0 aliphatic rings. The second-order valence-electron chi connectivity index (χ2n) is 3.98. The summed E-state index contributed by atoms with van der Waals surface area (Å²) in [6.07, 6.45) is 1.75. The van der Waals surface area contributed by atoms with Crippen molar-refractivity contribution in [2.45, 2.75) is 12.8 Å². The van der Waals surface area contributed by atoms with Gasteiger partial charge in [0.05, 0.1) is 5.01 Å². The van der Waals surface area contributed by atoms with Gasteiger partial charge in [-0.05, 0) is 12.1 Å². The Kier molecular flexibility index (Phi) is 4.74. The Morgan fingerprint density at radius 1 is 1.42 bits per heavy atom. The minimum atomic E-state index is -0.227. The maximum Gasteiger partial charge on any atom is 0.251 e. The van der Waals surface area contributed by atoms with E-state index in [0.717, 1.165) is 5.01 Å². The van der Waals surface area contributed by atoms with Gasteiger partial charge in [-0.15, -0.1) is 11.3 Å². The molecule has 2 rings (SSSR count). The Morgan fingerprint density at radius 3 is 2.68 bits per heavy atom. The Balaban J connectivity index is 1.98. The molecule has 0 aliphatic carbocycles. The van der Waals surface area contributed by atoms with E-state index in [1.54, 1.807) is 17.5 Å². The summed E-state index contributed by atoms with van der Waals surface area (Å²) in [6, 6.07) is 2.97. The lowest BCUT2D eigenvalue weighted by Gasteiger charge is -2.10. The predicted molar refractivity (Wildman–Crippen MR) is 77.1 cm³/mol. The molecule has 2 aromatic rings. The van der Waals surface area contributed by atoms with Crippen LogP contribution in [-0.2, 0) is 0 Å². The van der Waals surface area contributed by atoms with E-state index in [2.05, 4.69) is 15.3 Å². The van der Waals surface area contributed by atoms with Gasteiger partial charge in [-0.3, -0.25) is 4.79 Å². The highest BCUT2D eigenvalue weighted by Crippen LogP contribution is 2.17. The second-order valence-corrected chi connectivity index (χ2v) is 5.68. The SMILES string of the molecule is CC(CNC(=O)c1cc(Cl)nc(Cl)c1)c1nccs1. The molecule has 0 aromatic carbocycles. The first-order valence-corrected chi connectivity index (χ1v) is 7.20. The lowest BCUT2D eigenvalue weighted by atomic mass is 10.2. The maximum absolute atomic E-state index is 11.9. The van der Waals surface area contributed by atoms with Gasteiger partial charge in [-0.2, -0.15) is 0 Å². The largest absolute Gasteiger partial charge is 0.351 e. The molecule has 1 amide bonds. The van der Waals surface area contributed by atoms with E-state index in [1.807, 2.05) is 12.3 Å². The normalized spacial score (nSPS) is 12.2. The predicted octanol–water partition coefficient (Wildman–Crippen LogP) is 3.38. The monoisotopic (exact) mass is 315 g/mol. The number of thiazole rings is 1. The standard InChI is InChI=1S/C12H11Cl2N3OS/c1-7(12-15-2-3-19-12)6-16-11(18)8-4-9(13)17-10(14)5-8/h2-5,7H,6H2,1H3,(H,16,18). The molecule has 100 valence electrons. The minimum Gasteiger partial charge on any atom is -0.351 e. The summed E-state index contributed by atoms with van der Waals surface area (Å²) in [5, 5.41) is 6.13. The van der Waals surface area contributed by atoms with Crippen molar-refractivity contribution in [3.63, 3.8) is 0 Å². The molecule has 0 bridgehead atoms. The molecular weight excluding hydrogens is 305 g/mol. The Hall–Kier alpha value is -1.17. The summed E-state index contributed by atoms with van der Waals surface area (Å²) >= 11 is 13.1. The topological polar surface area (TPSA) is 54.9 Å². The summed E-state index contributed by atoms with van der Waals surface area (Å²) in [4.78, 5) is 20.0. The highest BCUT2D eigenvalue weighted by molar-refractivity contribution is 7.09. The molecular formula is C12H11Cl2N3OS. The van der Waals surface area contributed by atoms with Crippen LogP contribution in [0.2, 0.25) is 10.3 Å². The van der Waals surface area contributed by atoms with E-state index in [9.17, 15) is 4.79 Å². The van der Waals surface area contributed by atoms with Crippen molar-refractivity contribution >= 4 is 40.4 Å². The van der Waals surface area contributed by atoms with Crippen molar-refractivity contribution < 1.29 is 4.79 Å². The third-order valence-corrected chi connectivity index (χ3v) is 3.86. The molecule has 1 unspecified atom stereocenters. The number of rotatable bonds is 4. The van der Waals surface area contributed by atoms with Crippen LogP contribution in [0.3, 0.4) is 0 Å². The molecule has 2 heterocycles. The fraction of sp³-hybridized carbons (Fsp3) is 0.250. The number of carbonyl (C=O) groups is 1. The van der Waals surface area contributed by atoms with Crippen molar-refractivity contribution in [2.24, 2.45) is 0 Å². The molecule has 4 nitrogen and oxygen atoms in total. The lowest BCUT2D eigenvalue weighted by Crippen LogP contribution is -2.27. The zero-order chi connectivity index (χ0) is 13.8. The number of hydrogen-bond donors (Lipinski definition) is 1. The summed E-state index contributed by atoms with van der Waals surface area (Å²) in [6.45, 7) is 2.51. The van der Waals surface area contributed by atoms with Gasteiger partial charge in [0, 0.05) is 29.6 Å². The molecule has 1 atom stereocenters. The quantitative estimate of drug-likeness (QED) is 0.880. The van der Waals surface area contributed by atoms with Crippen molar-refractivity contribution in [2.75, 3.05) is 6.54 Å². The van der Waals surface area contributed by atoms with E-state index in [0.29, 0.717) is 12.1 Å². The van der Waals surface area contributed by atoms with Gasteiger partial charge in [0.2, 0.25) is 0 Å². The van der Waals surface area contributed by atoms with Crippen LogP contribution >= 0.6 is 34.5 Å². The van der Waals surface area contributed by atoms with Gasteiger partial charge in [0.1, 0.15) is 10.3 Å². The van der Waals surface area contributed by atoms with Gasteiger partial charge in [-0.25, -0.2) is 9.97 Å². The summed E-state index contributed by atoms with van der Waals surface area (Å²) in [5.41, 5.74) is 0.399. The molecule has 0 saturated carbocycles. The van der Waals surface area contributed by atoms with Crippen molar-refractivity contribution in [1.82, 2.24) is 15.3 Å². The molecule has 1 N–H and O–H groups in total. The highest BCUT2D eigenvalue weighted by Gasteiger charge is 2.12. The van der Waals surface area contributed by atoms with E-state index in [1.165, 1.54) is 12.1 Å². The summed E-state index contributed by atoms with van der Waals surface area (Å²) in [5.74, 6) is -0.0636. The molecule has 0 aliphatic heterocycles. The minimum absolute atomic E-state index is 0.164. The molecule has 0 saturated heterocycles. The molecule has 2 aromatic heterocycles. The number of halogens is 2. The van der Waals surface area contributed by atoms with Gasteiger partial charge in [0.15, 0.2) is 0 Å². The fourth-order valence-electron chi connectivity index (χ4n) is 1.51. The average molecular weight is 316 g/mol. The molecule has 7 heteroatoms. The van der Waals surface area contributed by atoms with Crippen LogP contribution in [0, 0.1) is 0 Å². The van der Waals surface area contributed by atoms with Crippen LogP contribution in [0.5, 0.6) is 0 Å². The Labute approximate surface area is 124 Å². The molecule has 0 fully saturated rings. The van der Waals surface area contributed by atoms with Crippen LogP contribution < -0.4 is 5.32 Å². The van der Waals surface area contributed by atoms with E-state index in [-0.39, 0.29) is 22.1 Å². The third-order valence-electron chi connectivity index (χ3n) is 2.47. The zero-order valence-electron chi connectivity index (χ0n) is 10.1. The number of pyridine rings is 1. The highest BCUT2D eigenvalue weighted by atomic mass is 35.5. The van der Waals surface area contributed by atoms with Gasteiger partial charge in [-0.1, -0.05) is 30.1 Å². The number of aromatic nitrogens is 2. The Morgan fingerprint density at radius 2 is 2.11 bits per heavy atom. The van der Waals surface area contributed by atoms with Crippen molar-refractivity contribution in [1.29, 1.82) is 0 Å². The number of nitrogens with zero attached hydrogens (tertiary/aromatic N) is 2. The fourth-order valence-corrected chi connectivity index (χ4v) is 2.67. The van der Waals surface area contributed by atoms with Crippen LogP contribution in [-0.4, -0.2) is 22.4 Å². The lowest BCUT2D eigenvalue weighted by molar-refractivity contribution is 0.0951. The first kappa shape index (κ1) is 14.2. The summed E-state index contributed by atoms with van der Waals surface area (Å²) in [7, 11) is 0. The number of nitrogens with one attached hydrogen (secondary N) is 1. The van der Waals surface area contributed by atoms with Crippen LogP contribution in [0.25, 0.3) is 0 Å². The average Bonchev–Trinajstić information content (AvgIpc) is 2.88. The molecule has 0 radical (unpaired) electrons. The number of hydrogen-bond acceptors (Lipinski definition) is 4. The molecule has 19 heavy (non-hydrogen) atoms. The first-order valence-electron chi connectivity index (χ1n) is 5.57. The smallest absolute Gasteiger partial charge is 0.251 e. The number of amides is 1. The van der Waals surface area contributed by atoms with Gasteiger partial charge < -0.3 is 5.32 Å². The summed E-state index contributed by atoms with van der Waals surface area (Å²) < 4.78 is 0. The zero-order valence-corrected chi connectivity index (χ0v) is 12.4. The van der Waals surface area contributed by atoms with Crippen LogP contribution in [0.1, 0.15) is 28.2 Å². The van der Waals surface area contributed by atoms with E-state index < -0.39 is 0 Å². The van der Waals surface area contributed by atoms with Crippen LogP contribution in [0.15, 0.2) is 23.7 Å².